The van der Waals surface area contributed by atoms with Crippen molar-refractivity contribution in [1.29, 1.82) is 0 Å². The van der Waals surface area contributed by atoms with Gasteiger partial charge in [-0.2, -0.15) is 0 Å². The molecule has 1 heterocycles. The molecule has 88 valence electrons. The van der Waals surface area contributed by atoms with Crippen molar-refractivity contribution in [3.8, 4) is 0 Å². The number of nitrogens with one attached hydrogen (secondary N) is 1. The van der Waals surface area contributed by atoms with Crippen molar-refractivity contribution >= 4 is 5.96 Å². The number of piperidine rings is 1. The third-order valence-corrected chi connectivity index (χ3v) is 2.83. The molecule has 0 radical (unpaired) electrons. The molecule has 0 saturated carbocycles. The van der Waals surface area contributed by atoms with Crippen molar-refractivity contribution < 1.29 is 0 Å². The molecule has 1 aliphatic rings. The van der Waals surface area contributed by atoms with Crippen LogP contribution < -0.4 is 11.1 Å². The predicted octanol–water partition coefficient (Wildman–Crippen LogP) is 0.783. The molecule has 1 aliphatic heterocycles. The predicted molar refractivity (Wildman–Crippen MR) is 65.0 cm³/mol. The van der Waals surface area contributed by atoms with Gasteiger partial charge < -0.3 is 16.0 Å². The van der Waals surface area contributed by atoms with Gasteiger partial charge >= 0.3 is 0 Å². The average Bonchev–Trinajstić information content (AvgIpc) is 2.15. The normalized spacial score (nSPS) is 24.5. The largest absolute Gasteiger partial charge is 0.370 e. The highest BCUT2D eigenvalue weighted by atomic mass is 15.2. The van der Waals surface area contributed by atoms with Gasteiger partial charge in [-0.05, 0) is 40.3 Å². The van der Waals surface area contributed by atoms with Crippen LogP contribution in [0.15, 0.2) is 4.99 Å². The lowest BCUT2D eigenvalue weighted by Gasteiger charge is -2.31. The number of guanidine groups is 1. The Labute approximate surface area is 92.9 Å². The Hall–Kier alpha value is -0.770. The summed E-state index contributed by atoms with van der Waals surface area (Å²) in [6.45, 7) is 6.14. The molecule has 4 nitrogen and oxygen atoms in total. The summed E-state index contributed by atoms with van der Waals surface area (Å²) < 4.78 is 0. The monoisotopic (exact) mass is 212 g/mol. The minimum atomic E-state index is 0.359. The minimum absolute atomic E-state index is 0.359. The van der Waals surface area contributed by atoms with Crippen LogP contribution >= 0.6 is 0 Å². The minimum Gasteiger partial charge on any atom is -0.370 e. The van der Waals surface area contributed by atoms with Crippen molar-refractivity contribution in [2.45, 2.75) is 45.2 Å². The first-order valence-electron chi connectivity index (χ1n) is 5.86. The summed E-state index contributed by atoms with van der Waals surface area (Å²) in [6, 6.07) is 0.934. The zero-order valence-corrected chi connectivity index (χ0v) is 10.2. The molecule has 1 atom stereocenters. The van der Waals surface area contributed by atoms with Crippen molar-refractivity contribution in [3.05, 3.63) is 0 Å². The van der Waals surface area contributed by atoms with Gasteiger partial charge in [0.2, 0.25) is 0 Å². The molecule has 0 bridgehead atoms. The second-order valence-electron chi connectivity index (χ2n) is 4.66. The topological polar surface area (TPSA) is 53.6 Å². The van der Waals surface area contributed by atoms with E-state index in [-0.39, 0.29) is 0 Å². The van der Waals surface area contributed by atoms with Crippen LogP contribution in [-0.4, -0.2) is 43.1 Å². The van der Waals surface area contributed by atoms with Crippen LogP contribution in [0.3, 0.4) is 0 Å². The van der Waals surface area contributed by atoms with Gasteiger partial charge in [-0.3, -0.25) is 4.99 Å². The summed E-state index contributed by atoms with van der Waals surface area (Å²) in [5.74, 6) is 0.573. The highest BCUT2D eigenvalue weighted by molar-refractivity contribution is 5.78. The first-order chi connectivity index (χ1) is 7.09. The number of rotatable bonds is 3. The molecule has 15 heavy (non-hydrogen) atoms. The highest BCUT2D eigenvalue weighted by Crippen LogP contribution is 2.14. The van der Waals surface area contributed by atoms with Gasteiger partial charge in [-0.25, -0.2) is 0 Å². The Bertz CT molecular complexity index is 213. The van der Waals surface area contributed by atoms with E-state index in [2.05, 4.69) is 36.1 Å². The number of hydrogen-bond acceptors (Lipinski definition) is 2. The number of nitrogens with two attached hydrogens (primary N) is 1. The maximum absolute atomic E-state index is 5.76. The maximum atomic E-state index is 5.76. The van der Waals surface area contributed by atoms with Crippen LogP contribution in [0.4, 0.5) is 0 Å². The summed E-state index contributed by atoms with van der Waals surface area (Å²) in [5.41, 5.74) is 5.76. The van der Waals surface area contributed by atoms with Gasteiger partial charge in [0, 0.05) is 12.1 Å². The molecule has 0 aromatic rings. The number of hydrogen-bond donors (Lipinski definition) is 2. The lowest BCUT2D eigenvalue weighted by Crippen LogP contribution is -2.41. The summed E-state index contributed by atoms with van der Waals surface area (Å²) in [6.07, 6.45) is 3.88. The number of likely N-dealkylation sites (tertiary alicyclic amines) is 1. The van der Waals surface area contributed by atoms with Crippen LogP contribution in [0.5, 0.6) is 0 Å². The molecule has 0 aromatic heterocycles. The quantitative estimate of drug-likeness (QED) is 0.537. The first kappa shape index (κ1) is 12.3. The molecule has 3 N–H and O–H groups in total. The average molecular weight is 212 g/mol. The van der Waals surface area contributed by atoms with Gasteiger partial charge in [0.25, 0.3) is 0 Å². The molecule has 4 heteroatoms. The van der Waals surface area contributed by atoms with Crippen LogP contribution in [0.1, 0.15) is 33.1 Å². The molecular formula is C11H24N4. The zero-order chi connectivity index (χ0) is 11.3. The van der Waals surface area contributed by atoms with Crippen molar-refractivity contribution in [2.24, 2.45) is 10.7 Å². The number of nitrogens with zero attached hydrogens (tertiary/aromatic N) is 2. The van der Waals surface area contributed by atoms with Crippen LogP contribution in [-0.2, 0) is 0 Å². The molecule has 0 aliphatic carbocycles. The van der Waals surface area contributed by atoms with Crippen LogP contribution in [0.2, 0.25) is 0 Å². The maximum Gasteiger partial charge on any atom is 0.188 e. The summed E-state index contributed by atoms with van der Waals surface area (Å²) in [5, 5.41) is 3.11. The highest BCUT2D eigenvalue weighted by Gasteiger charge is 2.17. The van der Waals surface area contributed by atoms with Crippen LogP contribution in [0.25, 0.3) is 0 Å². The van der Waals surface area contributed by atoms with E-state index in [4.69, 9.17) is 5.73 Å². The molecule has 1 unspecified atom stereocenters. The Kier molecular flexibility index (Phi) is 4.88. The van der Waals surface area contributed by atoms with Crippen molar-refractivity contribution in [1.82, 2.24) is 10.2 Å². The van der Waals surface area contributed by atoms with Gasteiger partial charge in [-0.1, -0.05) is 6.42 Å². The van der Waals surface area contributed by atoms with Crippen LogP contribution in [0, 0.1) is 0 Å². The van der Waals surface area contributed by atoms with E-state index in [0.29, 0.717) is 18.0 Å². The Morgan fingerprint density at radius 3 is 2.87 bits per heavy atom. The molecule has 1 saturated heterocycles. The van der Waals surface area contributed by atoms with Gasteiger partial charge in [0.15, 0.2) is 5.96 Å². The zero-order valence-electron chi connectivity index (χ0n) is 10.2. The standard InChI is InChI=1S/C11H24N4/c1-9(2)14-11(12)13-8-10-6-4-5-7-15(10)3/h9-10H,4-8H2,1-3H3,(H3,12,13,14). The molecule has 0 amide bonds. The lowest BCUT2D eigenvalue weighted by atomic mass is 10.0. The van der Waals surface area contributed by atoms with E-state index in [1.165, 1.54) is 25.8 Å². The fraction of sp³-hybridized carbons (Fsp3) is 0.909. The lowest BCUT2D eigenvalue weighted by molar-refractivity contribution is 0.191. The van der Waals surface area contributed by atoms with Gasteiger partial charge in [-0.15, -0.1) is 0 Å². The third-order valence-electron chi connectivity index (χ3n) is 2.83. The summed E-state index contributed by atoms with van der Waals surface area (Å²) >= 11 is 0. The summed E-state index contributed by atoms with van der Waals surface area (Å²) in [7, 11) is 2.17. The molecule has 0 spiro atoms. The van der Waals surface area contributed by atoms with E-state index >= 15 is 0 Å². The van der Waals surface area contributed by atoms with E-state index in [0.717, 1.165) is 6.54 Å². The number of likely N-dealkylation sites (N-methyl/N-ethyl adjacent to an activating group) is 1. The Morgan fingerprint density at radius 2 is 2.27 bits per heavy atom. The molecule has 1 rings (SSSR count). The molecule has 0 aromatic carbocycles. The smallest absolute Gasteiger partial charge is 0.188 e. The van der Waals surface area contributed by atoms with Gasteiger partial charge in [0.05, 0.1) is 6.54 Å². The second-order valence-corrected chi connectivity index (χ2v) is 4.66. The second kappa shape index (κ2) is 5.95. The number of aliphatic imine (C=N–C) groups is 1. The molecular weight excluding hydrogens is 188 g/mol. The Balaban J connectivity index is 2.33. The van der Waals surface area contributed by atoms with Crippen molar-refractivity contribution in [3.63, 3.8) is 0 Å². The first-order valence-corrected chi connectivity index (χ1v) is 5.86. The van der Waals surface area contributed by atoms with E-state index in [1.54, 1.807) is 0 Å². The fourth-order valence-electron chi connectivity index (χ4n) is 1.92. The molecule has 1 fully saturated rings. The fourth-order valence-corrected chi connectivity index (χ4v) is 1.92. The Morgan fingerprint density at radius 1 is 1.53 bits per heavy atom. The van der Waals surface area contributed by atoms with E-state index < -0.39 is 0 Å². The van der Waals surface area contributed by atoms with E-state index in [9.17, 15) is 0 Å². The third kappa shape index (κ3) is 4.51. The van der Waals surface area contributed by atoms with Crippen molar-refractivity contribution in [2.75, 3.05) is 20.1 Å². The SMILES string of the molecule is CC(C)NC(N)=NCC1CCCCN1C. The summed E-state index contributed by atoms with van der Waals surface area (Å²) in [4.78, 5) is 6.76. The van der Waals surface area contributed by atoms with Gasteiger partial charge in [0.1, 0.15) is 0 Å². The van der Waals surface area contributed by atoms with E-state index in [1.807, 2.05) is 0 Å².